The SMILES string of the molecule is O=C(Nc1c(F)cccc1F)Nc1cccc2nc(Nc3ccccc3)sc12.O=C(Nc1ccc(Cl)c(Cl)c1)Nc1cccc2nc(Nc3ccccc3)sc12.O=C(Nc1ccc2nc(Nc3ccccc3)sc2c1)Nc1c(F)cccc1F.O=C(Nc1ccccc1)Nc1cccc2nc(Nc3ccccc3)sc12. The van der Waals surface area contributed by atoms with E-state index in [1.807, 2.05) is 194 Å². The molecule has 8 amide bonds. The highest BCUT2D eigenvalue weighted by Crippen LogP contribution is 2.38. The number of benzene rings is 12. The third kappa shape index (κ3) is 20.3. The number of urea groups is 4. The van der Waals surface area contributed by atoms with Gasteiger partial charge in [0.05, 0.1) is 68.0 Å². The van der Waals surface area contributed by atoms with Gasteiger partial charge < -0.3 is 63.8 Å². The molecule has 0 saturated heterocycles. The minimum atomic E-state index is -0.847. The summed E-state index contributed by atoms with van der Waals surface area (Å²) < 4.78 is 58.1. The van der Waals surface area contributed by atoms with Gasteiger partial charge in [-0.2, -0.15) is 0 Å². The van der Waals surface area contributed by atoms with Gasteiger partial charge in [0, 0.05) is 39.8 Å². The van der Waals surface area contributed by atoms with Gasteiger partial charge in [0.15, 0.2) is 20.5 Å². The molecule has 4 aromatic heterocycles. The van der Waals surface area contributed by atoms with Gasteiger partial charge in [0.2, 0.25) is 0 Å². The molecule has 0 bridgehead atoms. The highest BCUT2D eigenvalue weighted by atomic mass is 35.5. The van der Waals surface area contributed by atoms with E-state index in [0.29, 0.717) is 43.4 Å². The molecule has 0 aliphatic heterocycles. The van der Waals surface area contributed by atoms with Crippen molar-refractivity contribution in [3.8, 4) is 0 Å². The molecule has 0 fully saturated rings. The van der Waals surface area contributed by atoms with Gasteiger partial charge in [0.1, 0.15) is 34.6 Å². The van der Waals surface area contributed by atoms with Gasteiger partial charge in [-0.3, -0.25) is 0 Å². The summed E-state index contributed by atoms with van der Waals surface area (Å²) in [5, 5.41) is 37.6. The summed E-state index contributed by atoms with van der Waals surface area (Å²) in [6, 6.07) is 79.5. The Kier molecular flexibility index (Phi) is 24.5. The largest absolute Gasteiger partial charge is 0.332 e. The molecule has 0 unspecified atom stereocenters. The maximum atomic E-state index is 13.7. The molecule has 0 atom stereocenters. The van der Waals surface area contributed by atoms with Gasteiger partial charge in [-0.1, -0.05) is 190 Å². The second-order valence-corrected chi connectivity index (χ2v) is 28.0. The predicted molar refractivity (Wildman–Crippen MR) is 444 cm³/mol. The fourth-order valence-electron chi connectivity index (χ4n) is 10.4. The highest BCUT2D eigenvalue weighted by molar-refractivity contribution is 7.24. The number of nitrogens with one attached hydrogen (secondary N) is 12. The third-order valence-corrected chi connectivity index (χ3v) is 20.1. The first kappa shape index (κ1) is 75.0. The molecule has 12 N–H and O–H groups in total. The maximum Gasteiger partial charge on any atom is 0.323 e. The van der Waals surface area contributed by atoms with Gasteiger partial charge in [-0.25, -0.2) is 56.7 Å². The Hall–Kier alpha value is -13.2. The van der Waals surface area contributed by atoms with Crippen LogP contribution in [0.25, 0.3) is 40.9 Å². The van der Waals surface area contributed by atoms with Crippen LogP contribution in [0.2, 0.25) is 10.0 Å². The Labute approximate surface area is 650 Å². The van der Waals surface area contributed by atoms with Crippen molar-refractivity contribution in [1.82, 2.24) is 19.9 Å². The van der Waals surface area contributed by atoms with Gasteiger partial charge in [-0.05, 0) is 158 Å². The van der Waals surface area contributed by atoms with Crippen molar-refractivity contribution in [2.75, 3.05) is 63.8 Å². The average molecular weight is 1580 g/mol. The van der Waals surface area contributed by atoms with Crippen LogP contribution in [0.15, 0.2) is 279 Å². The molecule has 12 aromatic carbocycles. The lowest BCUT2D eigenvalue weighted by atomic mass is 10.3. The minimum absolute atomic E-state index is 0.283. The number of thiazole rings is 4. The smallest absolute Gasteiger partial charge is 0.323 e. The summed E-state index contributed by atoms with van der Waals surface area (Å²) in [6.07, 6.45) is 0. The summed E-state index contributed by atoms with van der Waals surface area (Å²) >= 11 is 17.6. The van der Waals surface area contributed by atoms with Crippen molar-refractivity contribution in [2.45, 2.75) is 0 Å². The number of hydrogen-bond acceptors (Lipinski definition) is 16. The van der Waals surface area contributed by atoms with E-state index in [1.54, 1.807) is 48.5 Å². The van der Waals surface area contributed by atoms with Crippen molar-refractivity contribution in [2.24, 2.45) is 0 Å². The molecule has 16 aromatic rings. The zero-order chi connectivity index (χ0) is 76.3. The lowest BCUT2D eigenvalue weighted by Gasteiger charge is -2.09. The topological polar surface area (TPSA) is 264 Å². The lowest BCUT2D eigenvalue weighted by molar-refractivity contribution is 0.261. The number of amides is 8. The number of anilines is 16. The van der Waals surface area contributed by atoms with Crippen molar-refractivity contribution < 1.29 is 36.7 Å². The van der Waals surface area contributed by atoms with Crippen LogP contribution >= 0.6 is 68.5 Å². The molecular weight excluding hydrogens is 1520 g/mol. The van der Waals surface area contributed by atoms with Crippen molar-refractivity contribution >= 4 is 222 Å². The van der Waals surface area contributed by atoms with Crippen LogP contribution < -0.4 is 63.8 Å². The Morgan fingerprint density at radius 2 is 0.564 bits per heavy atom. The van der Waals surface area contributed by atoms with Gasteiger partial charge in [0.25, 0.3) is 0 Å². The molecule has 4 heterocycles. The Bertz CT molecular complexity index is 5880. The lowest BCUT2D eigenvalue weighted by Crippen LogP contribution is -2.21. The summed E-state index contributed by atoms with van der Waals surface area (Å²) in [4.78, 5) is 67.2. The van der Waals surface area contributed by atoms with Crippen LogP contribution in [-0.2, 0) is 0 Å². The monoisotopic (exact) mass is 1580 g/mol. The zero-order valence-electron chi connectivity index (χ0n) is 56.9. The van der Waals surface area contributed by atoms with Crippen molar-refractivity contribution in [1.29, 1.82) is 0 Å². The average Bonchev–Trinajstić information content (AvgIpc) is 1.70. The van der Waals surface area contributed by atoms with E-state index in [1.165, 1.54) is 57.5 Å². The van der Waals surface area contributed by atoms with E-state index in [0.717, 1.165) is 109 Å². The van der Waals surface area contributed by atoms with E-state index >= 15 is 0 Å². The fraction of sp³-hybridized carbons (Fsp3) is 0. The van der Waals surface area contributed by atoms with Crippen molar-refractivity contribution in [3.05, 3.63) is 312 Å². The molecule has 0 aliphatic carbocycles. The molecule has 110 heavy (non-hydrogen) atoms. The number of carbonyl (C=O) groups excluding carboxylic acids is 4. The molecule has 0 aliphatic rings. The first-order valence-corrected chi connectivity index (χ1v) is 37.1. The molecule has 30 heteroatoms. The fourth-order valence-corrected chi connectivity index (χ4v) is 14.5. The Balaban J connectivity index is 0.000000129. The van der Waals surface area contributed by atoms with Crippen LogP contribution in [-0.4, -0.2) is 44.1 Å². The molecule has 20 nitrogen and oxygen atoms in total. The molecule has 0 radical (unpaired) electrons. The highest BCUT2D eigenvalue weighted by Gasteiger charge is 2.19. The van der Waals surface area contributed by atoms with E-state index in [2.05, 4.69) is 83.7 Å². The molecule has 0 saturated carbocycles. The predicted octanol–water partition coefficient (Wildman–Crippen LogP) is 24.6. The van der Waals surface area contributed by atoms with Crippen molar-refractivity contribution in [3.63, 3.8) is 0 Å². The summed E-state index contributed by atoms with van der Waals surface area (Å²) in [6.45, 7) is 0. The number of carbonyl (C=O) groups is 4. The van der Waals surface area contributed by atoms with Crippen LogP contribution in [0.4, 0.5) is 126 Å². The number of para-hydroxylation sites is 7. The first-order valence-electron chi connectivity index (χ1n) is 33.1. The zero-order valence-corrected chi connectivity index (χ0v) is 61.7. The number of hydrogen-bond donors (Lipinski definition) is 12. The number of aromatic nitrogens is 4. The standard InChI is InChI=1S/C20H14Cl2N4OS.2C20H14F2N4OS.C20H16N4OS/c21-14-10-9-13(11-15(14)22)23-19(27)25-16-7-4-8-17-18(16)28-20(26-17)24-12-5-2-1-3-6-12;21-13-8-4-9-14(22)17(13)26-19(27)24-15-10-5-11-16-18(15)28-20(25-16)23-12-6-2-1-3-7-12;21-14-7-4-8-15(22)18(14)26-19(27)23-13-9-10-16-17(11-13)28-20(25-16)24-12-5-2-1-3-6-12;25-19(21-14-8-3-1-4-9-14)23-16-12-7-13-17-18(16)26-20(24-17)22-15-10-5-2-6-11-15/h1-11H,(H,24,26)(H2,23,25,27);1-11H,(H,23,25)(H2,24,26,27);1-11H,(H,24,25)(H2,23,26,27);1-13H,(H,22,24)(H2,21,23,25). The quantitative estimate of drug-likeness (QED) is 0.0403. The second kappa shape index (κ2) is 35.9. The minimum Gasteiger partial charge on any atom is -0.332 e. The summed E-state index contributed by atoms with van der Waals surface area (Å²) in [5.41, 5.74) is 9.53. The van der Waals surface area contributed by atoms with Gasteiger partial charge in [-0.15, -0.1) is 0 Å². The second-order valence-electron chi connectivity index (χ2n) is 23.2. The molecular formula is C80H58Cl2F4N16O4S4. The summed E-state index contributed by atoms with van der Waals surface area (Å²) in [5.74, 6) is -3.38. The Morgan fingerprint density at radius 1 is 0.264 bits per heavy atom. The molecule has 548 valence electrons. The number of fused-ring (bicyclic) bond motifs is 4. The van der Waals surface area contributed by atoms with Gasteiger partial charge >= 0.3 is 24.1 Å². The van der Waals surface area contributed by atoms with E-state index < -0.39 is 46.7 Å². The van der Waals surface area contributed by atoms with E-state index in [-0.39, 0.29) is 12.1 Å². The normalized spacial score (nSPS) is 10.6. The summed E-state index contributed by atoms with van der Waals surface area (Å²) in [7, 11) is 0. The number of rotatable bonds is 16. The number of halogens is 6. The Morgan fingerprint density at radius 3 is 0.936 bits per heavy atom. The van der Waals surface area contributed by atoms with Crippen LogP contribution in [0.1, 0.15) is 0 Å². The number of nitrogens with zero attached hydrogens (tertiary/aromatic N) is 4. The maximum absolute atomic E-state index is 13.7. The third-order valence-electron chi connectivity index (χ3n) is 15.3. The van der Waals surface area contributed by atoms with Crippen LogP contribution in [0.3, 0.4) is 0 Å². The van der Waals surface area contributed by atoms with E-state index in [9.17, 15) is 36.7 Å². The first-order chi connectivity index (χ1) is 53.5. The molecule has 0 spiro atoms. The van der Waals surface area contributed by atoms with Crippen LogP contribution in [0.5, 0.6) is 0 Å². The van der Waals surface area contributed by atoms with E-state index in [4.69, 9.17) is 23.2 Å². The van der Waals surface area contributed by atoms with Crippen LogP contribution in [0, 0.1) is 23.3 Å². The molecule has 16 rings (SSSR count).